The smallest absolute Gasteiger partial charge is 0.272 e. The maximum Gasteiger partial charge on any atom is 0.272 e. The Morgan fingerprint density at radius 2 is 1.90 bits per heavy atom. The van der Waals surface area contributed by atoms with Crippen molar-refractivity contribution in [2.75, 3.05) is 7.05 Å². The van der Waals surface area contributed by atoms with Crippen molar-refractivity contribution >= 4 is 17.7 Å². The minimum Gasteiger partial charge on any atom is -0.467 e. The largest absolute Gasteiger partial charge is 0.467 e. The summed E-state index contributed by atoms with van der Waals surface area (Å²) in [5.41, 5.74) is 0.183. The van der Waals surface area contributed by atoms with Crippen molar-refractivity contribution in [1.82, 2.24) is 25.3 Å². The van der Waals surface area contributed by atoms with Gasteiger partial charge in [-0.3, -0.25) is 19.1 Å². The molecule has 3 aromatic rings. The van der Waals surface area contributed by atoms with Crippen molar-refractivity contribution in [1.29, 1.82) is 0 Å². The minimum absolute atomic E-state index is 0.109. The summed E-state index contributed by atoms with van der Waals surface area (Å²) in [6.45, 7) is 2.38. The molecule has 9 heteroatoms. The molecule has 3 heterocycles. The van der Waals surface area contributed by atoms with Crippen LogP contribution in [-0.4, -0.2) is 45.0 Å². The molecule has 1 aliphatic rings. The second kappa shape index (κ2) is 8.10. The number of fused-ring (bicyclic) bond motifs is 1. The predicted molar refractivity (Wildman–Crippen MR) is 111 cm³/mol. The molecule has 0 fully saturated rings. The second-order valence-electron chi connectivity index (χ2n) is 7.64. The van der Waals surface area contributed by atoms with Crippen LogP contribution in [0.3, 0.4) is 0 Å². The van der Waals surface area contributed by atoms with Gasteiger partial charge in [0.15, 0.2) is 5.69 Å². The van der Waals surface area contributed by atoms with E-state index in [9.17, 15) is 14.4 Å². The summed E-state index contributed by atoms with van der Waals surface area (Å²) >= 11 is 0. The number of carbonyl (C=O) groups is 3. The van der Waals surface area contributed by atoms with E-state index in [1.54, 1.807) is 26.1 Å². The van der Waals surface area contributed by atoms with Crippen molar-refractivity contribution in [3.05, 3.63) is 77.5 Å². The van der Waals surface area contributed by atoms with Crippen LogP contribution in [0.2, 0.25) is 0 Å². The number of hydrogen-bond donors (Lipinski definition) is 2. The van der Waals surface area contributed by atoms with Crippen LogP contribution in [0.4, 0.5) is 0 Å². The molecule has 1 aromatic carbocycles. The number of hydrogen-bond acceptors (Lipinski definition) is 5. The number of nitrogens with zero attached hydrogens (tertiary/aromatic N) is 3. The van der Waals surface area contributed by atoms with Gasteiger partial charge in [0, 0.05) is 19.7 Å². The van der Waals surface area contributed by atoms with E-state index >= 15 is 0 Å². The highest BCUT2D eigenvalue weighted by Crippen LogP contribution is 2.26. The van der Waals surface area contributed by atoms with Gasteiger partial charge >= 0.3 is 0 Å². The Balaban J connectivity index is 1.48. The summed E-state index contributed by atoms with van der Waals surface area (Å²) in [4.78, 5) is 39.8. The summed E-state index contributed by atoms with van der Waals surface area (Å²) in [5, 5.41) is 9.88. The van der Waals surface area contributed by atoms with Gasteiger partial charge in [0.05, 0.1) is 19.4 Å². The van der Waals surface area contributed by atoms with Crippen LogP contribution in [0, 0.1) is 0 Å². The first-order valence-electron chi connectivity index (χ1n) is 9.87. The lowest BCUT2D eigenvalue weighted by Gasteiger charge is -2.40. The average Bonchev–Trinajstić information content (AvgIpc) is 3.45. The highest BCUT2D eigenvalue weighted by molar-refractivity contribution is 6.01. The molecule has 0 aliphatic carbocycles. The van der Waals surface area contributed by atoms with Gasteiger partial charge in [-0.15, -0.1) is 0 Å². The molecule has 31 heavy (non-hydrogen) atoms. The van der Waals surface area contributed by atoms with Crippen LogP contribution >= 0.6 is 0 Å². The van der Waals surface area contributed by atoms with Gasteiger partial charge in [0.2, 0.25) is 5.91 Å². The highest BCUT2D eigenvalue weighted by atomic mass is 16.3. The van der Waals surface area contributed by atoms with Gasteiger partial charge in [-0.05, 0) is 24.6 Å². The Kier molecular flexibility index (Phi) is 5.33. The molecule has 1 aliphatic heterocycles. The molecule has 0 radical (unpaired) electrons. The van der Waals surface area contributed by atoms with Gasteiger partial charge in [-0.25, -0.2) is 0 Å². The van der Waals surface area contributed by atoms with Crippen LogP contribution in [0.1, 0.15) is 39.2 Å². The molecule has 2 aromatic heterocycles. The first kappa shape index (κ1) is 20.4. The molecule has 0 spiro atoms. The lowest BCUT2D eigenvalue weighted by Crippen LogP contribution is -2.62. The molecule has 0 saturated heterocycles. The van der Waals surface area contributed by atoms with Crippen LogP contribution < -0.4 is 10.6 Å². The number of likely N-dealkylation sites (N-methyl/N-ethyl adjacent to an activating group) is 1. The van der Waals surface area contributed by atoms with Gasteiger partial charge in [0.25, 0.3) is 11.8 Å². The minimum atomic E-state index is -1.15. The highest BCUT2D eigenvalue weighted by Gasteiger charge is 2.46. The fraction of sp³-hybridized carbons (Fsp3) is 0.273. The maximum absolute atomic E-state index is 13.0. The van der Waals surface area contributed by atoms with Crippen molar-refractivity contribution < 1.29 is 18.8 Å². The molecule has 0 bridgehead atoms. The Labute approximate surface area is 179 Å². The molecule has 3 amide bonds. The van der Waals surface area contributed by atoms with E-state index in [0.29, 0.717) is 12.3 Å². The third-order valence-electron chi connectivity index (χ3n) is 5.52. The first-order valence-corrected chi connectivity index (χ1v) is 9.87. The molecular formula is C22H23N5O4. The van der Waals surface area contributed by atoms with E-state index in [1.165, 1.54) is 21.9 Å². The lowest BCUT2D eigenvalue weighted by molar-refractivity contribution is -0.132. The third-order valence-corrected chi connectivity index (χ3v) is 5.52. The molecule has 4 rings (SSSR count). The van der Waals surface area contributed by atoms with Crippen molar-refractivity contribution in [2.24, 2.45) is 0 Å². The van der Waals surface area contributed by atoms with E-state index in [-0.39, 0.29) is 36.3 Å². The van der Waals surface area contributed by atoms with Crippen molar-refractivity contribution in [2.45, 2.75) is 32.1 Å². The van der Waals surface area contributed by atoms with E-state index in [4.69, 9.17) is 4.42 Å². The summed E-state index contributed by atoms with van der Waals surface area (Å²) in [7, 11) is 1.58. The van der Waals surface area contributed by atoms with Crippen LogP contribution in [0.15, 0.2) is 59.2 Å². The standard InChI is InChI=1S/C22H23N5O4/c1-22(21(30)24-12-15-7-4-3-5-8-15)14-27-18(20(29)26(22)2)11-17(25-27)19(28)23-13-16-9-6-10-31-16/h3-11H,12-14H2,1-2H3,(H,23,28)(H,24,30). The zero-order chi connectivity index (χ0) is 22.0. The van der Waals surface area contributed by atoms with E-state index in [1.807, 2.05) is 30.3 Å². The Morgan fingerprint density at radius 3 is 2.61 bits per heavy atom. The fourth-order valence-electron chi connectivity index (χ4n) is 3.48. The van der Waals surface area contributed by atoms with Gasteiger partial charge < -0.3 is 20.0 Å². The Morgan fingerprint density at radius 1 is 1.13 bits per heavy atom. The number of rotatable bonds is 6. The normalized spacial score (nSPS) is 17.9. The van der Waals surface area contributed by atoms with Crippen molar-refractivity contribution in [3.8, 4) is 0 Å². The molecule has 0 saturated carbocycles. The lowest BCUT2D eigenvalue weighted by atomic mass is 9.96. The Hall–Kier alpha value is -3.88. The fourth-order valence-corrected chi connectivity index (χ4v) is 3.48. The molecule has 1 atom stereocenters. The zero-order valence-corrected chi connectivity index (χ0v) is 17.3. The predicted octanol–water partition coefficient (Wildman–Crippen LogP) is 1.57. The molecule has 2 N–H and O–H groups in total. The van der Waals surface area contributed by atoms with Gasteiger partial charge in [0.1, 0.15) is 17.0 Å². The van der Waals surface area contributed by atoms with Crippen LogP contribution in [0.25, 0.3) is 0 Å². The van der Waals surface area contributed by atoms with E-state index < -0.39 is 11.4 Å². The SMILES string of the molecule is CN1C(=O)c2cc(C(=O)NCc3ccco3)nn2CC1(C)C(=O)NCc1ccccc1. The molecule has 160 valence electrons. The third kappa shape index (κ3) is 3.94. The number of aromatic nitrogens is 2. The number of amides is 3. The van der Waals surface area contributed by atoms with Gasteiger partial charge in [-0.2, -0.15) is 5.10 Å². The molecule has 1 unspecified atom stereocenters. The van der Waals surface area contributed by atoms with Gasteiger partial charge in [-0.1, -0.05) is 30.3 Å². The number of carbonyl (C=O) groups excluding carboxylic acids is 3. The zero-order valence-electron chi connectivity index (χ0n) is 17.3. The maximum atomic E-state index is 13.0. The summed E-state index contributed by atoms with van der Waals surface area (Å²) in [6.07, 6.45) is 1.52. The van der Waals surface area contributed by atoms with Crippen molar-refractivity contribution in [3.63, 3.8) is 0 Å². The number of benzene rings is 1. The van der Waals surface area contributed by atoms with Crippen LogP contribution in [-0.2, 0) is 24.4 Å². The van der Waals surface area contributed by atoms with E-state index in [0.717, 1.165) is 5.56 Å². The topological polar surface area (TPSA) is 109 Å². The Bertz CT molecular complexity index is 1110. The average molecular weight is 421 g/mol. The van der Waals surface area contributed by atoms with E-state index in [2.05, 4.69) is 15.7 Å². The second-order valence-corrected chi connectivity index (χ2v) is 7.64. The number of furan rings is 1. The summed E-state index contributed by atoms with van der Waals surface area (Å²) in [5.74, 6) is -0.488. The monoisotopic (exact) mass is 421 g/mol. The summed E-state index contributed by atoms with van der Waals surface area (Å²) < 4.78 is 6.62. The number of nitrogens with one attached hydrogen (secondary N) is 2. The molecular weight excluding hydrogens is 398 g/mol. The molecule has 9 nitrogen and oxygen atoms in total. The van der Waals surface area contributed by atoms with Crippen LogP contribution in [0.5, 0.6) is 0 Å². The quantitative estimate of drug-likeness (QED) is 0.628. The first-order chi connectivity index (χ1) is 14.9. The summed E-state index contributed by atoms with van der Waals surface area (Å²) in [6, 6.07) is 14.4.